The molecule has 4 rings (SSSR count). The summed E-state index contributed by atoms with van der Waals surface area (Å²) >= 11 is 6.16. The maximum absolute atomic E-state index is 9.49. The molecule has 0 amide bonds. The van der Waals surface area contributed by atoms with Gasteiger partial charge in [-0.15, -0.1) is 0 Å². The monoisotopic (exact) mass is 407 g/mol. The summed E-state index contributed by atoms with van der Waals surface area (Å²) in [6.07, 6.45) is 3.78. The first kappa shape index (κ1) is 19.7. The quantitative estimate of drug-likeness (QED) is 0.618. The molecule has 1 aliphatic rings. The number of hydrogen-bond donors (Lipinski definition) is 1. The lowest BCUT2D eigenvalue weighted by atomic mass is 10.1. The Kier molecular flexibility index (Phi) is 6.26. The normalized spacial score (nSPS) is 14.6. The van der Waals surface area contributed by atoms with Gasteiger partial charge >= 0.3 is 0 Å². The number of ether oxygens (including phenoxy) is 2. The zero-order valence-electron chi connectivity index (χ0n) is 16.0. The van der Waals surface area contributed by atoms with E-state index >= 15 is 0 Å². The lowest BCUT2D eigenvalue weighted by molar-refractivity contribution is -0.0390. The van der Waals surface area contributed by atoms with Crippen molar-refractivity contribution in [3.63, 3.8) is 0 Å². The molecule has 6 heteroatoms. The number of nitriles is 1. The predicted octanol–water partition coefficient (Wildman–Crippen LogP) is 5.07. The van der Waals surface area contributed by atoms with E-state index in [0.29, 0.717) is 23.7 Å². The van der Waals surface area contributed by atoms with Gasteiger partial charge in [-0.1, -0.05) is 35.9 Å². The molecule has 0 aliphatic carbocycles. The second kappa shape index (κ2) is 9.23. The topological polar surface area (TPSA) is 67.2 Å². The Morgan fingerprint density at radius 1 is 1.17 bits per heavy atom. The van der Waals surface area contributed by atoms with Crippen LogP contribution in [0.1, 0.15) is 29.5 Å². The SMILES string of the molecule is N#Cc1cnc2ccc(Cl)cc2c1NCc1cccc(COC2CCOCC2)c1. The molecule has 1 saturated heterocycles. The molecule has 1 aliphatic heterocycles. The molecule has 5 nitrogen and oxygen atoms in total. The highest BCUT2D eigenvalue weighted by Crippen LogP contribution is 2.28. The van der Waals surface area contributed by atoms with Crippen molar-refractivity contribution < 1.29 is 9.47 Å². The molecular formula is C23H22ClN3O2. The van der Waals surface area contributed by atoms with Crippen LogP contribution in [0.4, 0.5) is 5.69 Å². The van der Waals surface area contributed by atoms with Gasteiger partial charge in [-0.2, -0.15) is 5.26 Å². The second-order valence-corrected chi connectivity index (χ2v) is 7.55. The number of halogens is 1. The van der Waals surface area contributed by atoms with Gasteiger partial charge in [0, 0.05) is 36.4 Å². The number of nitrogens with zero attached hydrogens (tertiary/aromatic N) is 2. The van der Waals surface area contributed by atoms with E-state index in [1.165, 1.54) is 0 Å². The van der Waals surface area contributed by atoms with E-state index < -0.39 is 0 Å². The number of nitrogens with one attached hydrogen (secondary N) is 1. The van der Waals surface area contributed by atoms with Crippen molar-refractivity contribution in [1.82, 2.24) is 4.98 Å². The average molecular weight is 408 g/mol. The third-order valence-electron chi connectivity index (χ3n) is 5.07. The maximum Gasteiger partial charge on any atom is 0.103 e. The van der Waals surface area contributed by atoms with Crippen LogP contribution in [0, 0.1) is 11.3 Å². The van der Waals surface area contributed by atoms with E-state index in [-0.39, 0.29) is 6.10 Å². The molecule has 1 N–H and O–H groups in total. The molecule has 0 spiro atoms. The molecular weight excluding hydrogens is 386 g/mol. The number of hydrogen-bond acceptors (Lipinski definition) is 5. The van der Waals surface area contributed by atoms with Crippen molar-refractivity contribution in [2.75, 3.05) is 18.5 Å². The minimum atomic E-state index is 0.275. The minimum absolute atomic E-state index is 0.275. The molecule has 1 fully saturated rings. The average Bonchev–Trinajstić information content (AvgIpc) is 2.77. The van der Waals surface area contributed by atoms with Crippen LogP contribution < -0.4 is 5.32 Å². The van der Waals surface area contributed by atoms with Gasteiger partial charge < -0.3 is 14.8 Å². The van der Waals surface area contributed by atoms with E-state index in [1.54, 1.807) is 12.3 Å². The fourth-order valence-corrected chi connectivity index (χ4v) is 3.69. The van der Waals surface area contributed by atoms with Gasteiger partial charge in [-0.05, 0) is 42.2 Å². The zero-order valence-corrected chi connectivity index (χ0v) is 16.8. The molecule has 0 unspecified atom stereocenters. The van der Waals surface area contributed by atoms with Gasteiger partial charge in [0.05, 0.1) is 29.5 Å². The maximum atomic E-state index is 9.49. The van der Waals surface area contributed by atoms with Crippen LogP contribution in [-0.2, 0) is 22.6 Å². The van der Waals surface area contributed by atoms with E-state index in [4.69, 9.17) is 21.1 Å². The molecule has 0 bridgehead atoms. The van der Waals surface area contributed by atoms with Crippen LogP contribution in [0.5, 0.6) is 0 Å². The number of rotatable bonds is 6. The number of aromatic nitrogens is 1. The van der Waals surface area contributed by atoms with Crippen molar-refractivity contribution in [1.29, 1.82) is 5.26 Å². The Labute approximate surface area is 175 Å². The summed E-state index contributed by atoms with van der Waals surface area (Å²) in [5.41, 5.74) is 4.31. The standard InChI is InChI=1S/C23H22ClN3O2/c24-19-4-5-22-21(11-19)23(18(12-25)14-26-22)27-13-16-2-1-3-17(10-16)15-29-20-6-8-28-9-7-20/h1-5,10-11,14,20H,6-9,13,15H2,(H,26,27). The van der Waals surface area contributed by atoms with E-state index in [1.807, 2.05) is 18.2 Å². The molecule has 0 atom stereocenters. The van der Waals surface area contributed by atoms with Gasteiger partial charge in [0.25, 0.3) is 0 Å². The van der Waals surface area contributed by atoms with Crippen LogP contribution in [0.15, 0.2) is 48.7 Å². The van der Waals surface area contributed by atoms with Crippen LogP contribution in [0.25, 0.3) is 10.9 Å². The summed E-state index contributed by atoms with van der Waals surface area (Å²) in [7, 11) is 0. The van der Waals surface area contributed by atoms with E-state index in [9.17, 15) is 5.26 Å². The smallest absolute Gasteiger partial charge is 0.103 e. The van der Waals surface area contributed by atoms with Gasteiger partial charge in [-0.25, -0.2) is 0 Å². The molecule has 0 saturated carbocycles. The van der Waals surface area contributed by atoms with Gasteiger partial charge in [0.15, 0.2) is 0 Å². The summed E-state index contributed by atoms with van der Waals surface area (Å²) in [5, 5.41) is 14.4. The minimum Gasteiger partial charge on any atom is -0.381 e. The first-order valence-electron chi connectivity index (χ1n) is 9.72. The second-order valence-electron chi connectivity index (χ2n) is 7.12. The van der Waals surface area contributed by atoms with Crippen molar-refractivity contribution in [3.05, 3.63) is 70.4 Å². The molecule has 29 heavy (non-hydrogen) atoms. The van der Waals surface area contributed by atoms with Crippen molar-refractivity contribution in [2.24, 2.45) is 0 Å². The van der Waals surface area contributed by atoms with Crippen LogP contribution in [-0.4, -0.2) is 24.3 Å². The van der Waals surface area contributed by atoms with Crippen molar-refractivity contribution in [2.45, 2.75) is 32.1 Å². The van der Waals surface area contributed by atoms with Gasteiger partial charge in [0.1, 0.15) is 6.07 Å². The first-order chi connectivity index (χ1) is 14.2. The van der Waals surface area contributed by atoms with Gasteiger partial charge in [-0.3, -0.25) is 4.98 Å². The van der Waals surface area contributed by atoms with Gasteiger partial charge in [0.2, 0.25) is 0 Å². The van der Waals surface area contributed by atoms with E-state index in [0.717, 1.165) is 53.8 Å². The molecule has 3 aromatic rings. The molecule has 2 aromatic carbocycles. The Morgan fingerprint density at radius 3 is 2.83 bits per heavy atom. The lowest BCUT2D eigenvalue weighted by Gasteiger charge is -2.22. The lowest BCUT2D eigenvalue weighted by Crippen LogP contribution is -2.23. The zero-order chi connectivity index (χ0) is 20.1. The number of anilines is 1. The Bertz CT molecular complexity index is 1040. The van der Waals surface area contributed by atoms with Crippen LogP contribution >= 0.6 is 11.6 Å². The number of fused-ring (bicyclic) bond motifs is 1. The summed E-state index contributed by atoms with van der Waals surface area (Å²) in [4.78, 5) is 4.35. The summed E-state index contributed by atoms with van der Waals surface area (Å²) < 4.78 is 11.4. The fourth-order valence-electron chi connectivity index (χ4n) is 3.52. The Balaban J connectivity index is 1.48. The third-order valence-corrected chi connectivity index (χ3v) is 5.30. The highest BCUT2D eigenvalue weighted by molar-refractivity contribution is 6.31. The van der Waals surface area contributed by atoms with Crippen LogP contribution in [0.3, 0.4) is 0 Å². The largest absolute Gasteiger partial charge is 0.381 e. The van der Waals surface area contributed by atoms with Crippen molar-refractivity contribution >= 4 is 28.2 Å². The molecule has 148 valence electrons. The van der Waals surface area contributed by atoms with Crippen LogP contribution in [0.2, 0.25) is 5.02 Å². The summed E-state index contributed by atoms with van der Waals surface area (Å²) in [5.74, 6) is 0. The number of pyridine rings is 1. The summed E-state index contributed by atoms with van der Waals surface area (Å²) in [6.45, 7) is 2.74. The third kappa shape index (κ3) is 4.86. The molecule has 1 aromatic heterocycles. The Hall–Kier alpha value is -2.65. The highest BCUT2D eigenvalue weighted by atomic mass is 35.5. The molecule has 0 radical (unpaired) electrons. The number of benzene rings is 2. The fraction of sp³-hybridized carbons (Fsp3) is 0.304. The first-order valence-corrected chi connectivity index (χ1v) is 10.1. The Morgan fingerprint density at radius 2 is 2.00 bits per heavy atom. The predicted molar refractivity (Wildman–Crippen MR) is 114 cm³/mol. The highest BCUT2D eigenvalue weighted by Gasteiger charge is 2.14. The van der Waals surface area contributed by atoms with Crippen molar-refractivity contribution in [3.8, 4) is 6.07 Å². The van der Waals surface area contributed by atoms with E-state index in [2.05, 4.69) is 34.6 Å². The molecule has 2 heterocycles. The summed E-state index contributed by atoms with van der Waals surface area (Å²) in [6, 6.07) is 16.0.